The lowest BCUT2D eigenvalue weighted by Crippen LogP contribution is -2.65. The molecule has 4 N–H and O–H groups in total. The number of esters is 1. The predicted octanol–water partition coefficient (Wildman–Crippen LogP) is 6.98. The van der Waals surface area contributed by atoms with E-state index in [1.54, 1.807) is 25.1 Å². The van der Waals surface area contributed by atoms with Crippen molar-refractivity contribution < 1.29 is 41.6 Å². The van der Waals surface area contributed by atoms with Crippen LogP contribution in [0.5, 0.6) is 0 Å². The van der Waals surface area contributed by atoms with Gasteiger partial charge in [-0.15, -0.1) is 0 Å². The third-order valence-electron chi connectivity index (χ3n) is 13.0. The quantitative estimate of drug-likeness (QED) is 0.0811. The normalized spacial score (nSPS) is 26.8. The van der Waals surface area contributed by atoms with E-state index in [0.717, 1.165) is 31.4 Å². The van der Waals surface area contributed by atoms with Gasteiger partial charge in [-0.05, 0) is 86.6 Å². The van der Waals surface area contributed by atoms with Crippen LogP contribution in [0.1, 0.15) is 113 Å². The van der Waals surface area contributed by atoms with Crippen molar-refractivity contribution in [2.75, 3.05) is 17.2 Å². The molecular formula is C42H52BF3N6O7. The molecule has 1 aromatic heterocycles. The van der Waals surface area contributed by atoms with Crippen molar-refractivity contribution in [1.29, 1.82) is 0 Å². The first-order valence-electron chi connectivity index (χ1n) is 20.4. The maximum atomic E-state index is 14.5. The smallest absolute Gasteiger partial charge is 0.462 e. The number of amides is 3. The number of alkyl halides is 3. The van der Waals surface area contributed by atoms with Crippen molar-refractivity contribution in [3.63, 3.8) is 0 Å². The molecule has 5 aliphatic rings. The van der Waals surface area contributed by atoms with Gasteiger partial charge in [0.15, 0.2) is 0 Å². The third kappa shape index (κ3) is 7.95. The van der Waals surface area contributed by atoms with E-state index in [1.165, 1.54) is 29.0 Å². The first kappa shape index (κ1) is 42.2. The Morgan fingerprint density at radius 2 is 1.81 bits per heavy atom. The number of anilines is 2. The fourth-order valence-corrected chi connectivity index (χ4v) is 9.50. The number of nitrogens with zero attached hydrogens (tertiary/aromatic N) is 2. The highest BCUT2D eigenvalue weighted by molar-refractivity contribution is 6.47. The Labute approximate surface area is 341 Å². The molecule has 7 atom stereocenters. The van der Waals surface area contributed by atoms with E-state index < -0.39 is 65.4 Å². The van der Waals surface area contributed by atoms with Gasteiger partial charge in [0.2, 0.25) is 5.91 Å². The standard InChI is InChI=1S/C42H52BF3N6O7/c1-7-9-17-57-36(55)27-15-10-11-16-28(27)49-38(56)51-40(5)21-30(34(53)50-33(8-2)43-58-32-20-26-19-31(39(26,3)4)41(32,6)59-43)52-35(54)29(23-48-37(40)52)47-22-24-13-12-14-25(18-24)42(44,45)46/h10-16,18,23,26,30-33,47H,7-9,17,19-22H2,1-6H3,(H,50,53)(H2,49,51,56)/t26-,30-,31-,32+,33-,40+,41-/m0/s1. The molecule has 1 saturated heterocycles. The number of unbranched alkanes of at least 4 members (excludes halogenated alkanes) is 1. The first-order chi connectivity index (χ1) is 27.9. The molecule has 2 aliphatic heterocycles. The van der Waals surface area contributed by atoms with Crippen LogP contribution in [0.25, 0.3) is 0 Å². The molecule has 3 heterocycles. The van der Waals surface area contributed by atoms with Crippen molar-refractivity contribution in [3.8, 4) is 0 Å². The summed E-state index contributed by atoms with van der Waals surface area (Å²) in [5.41, 5.74) is -2.71. The number of para-hydroxylation sites is 1. The predicted molar refractivity (Wildman–Crippen MR) is 214 cm³/mol. The zero-order chi connectivity index (χ0) is 42.5. The molecule has 8 rings (SSSR count). The lowest BCUT2D eigenvalue weighted by molar-refractivity contribution is -0.199. The summed E-state index contributed by atoms with van der Waals surface area (Å²) in [6.07, 6.45) is 0.388. The number of rotatable bonds is 13. The summed E-state index contributed by atoms with van der Waals surface area (Å²) in [7, 11) is -0.727. The minimum atomic E-state index is -4.55. The van der Waals surface area contributed by atoms with Gasteiger partial charge >= 0.3 is 25.3 Å². The molecule has 0 radical (unpaired) electrons. The zero-order valence-corrected chi connectivity index (χ0v) is 34.2. The Morgan fingerprint density at radius 1 is 1.05 bits per heavy atom. The third-order valence-corrected chi connectivity index (χ3v) is 13.0. The van der Waals surface area contributed by atoms with Crippen LogP contribution in [0, 0.1) is 17.3 Å². The van der Waals surface area contributed by atoms with Gasteiger partial charge in [-0.3, -0.25) is 14.2 Å². The second-order valence-corrected chi connectivity index (χ2v) is 17.2. The maximum absolute atomic E-state index is 14.5. The van der Waals surface area contributed by atoms with Crippen molar-refractivity contribution >= 4 is 36.4 Å². The summed E-state index contributed by atoms with van der Waals surface area (Å²) in [5.74, 6) is -0.782. The topological polar surface area (TPSA) is 162 Å². The lowest BCUT2D eigenvalue weighted by Gasteiger charge is -2.64. The van der Waals surface area contributed by atoms with Crippen LogP contribution < -0.4 is 26.8 Å². The van der Waals surface area contributed by atoms with Gasteiger partial charge in [-0.1, -0.05) is 58.4 Å². The van der Waals surface area contributed by atoms with Gasteiger partial charge in [0.25, 0.3) is 5.56 Å². The monoisotopic (exact) mass is 820 g/mol. The summed E-state index contributed by atoms with van der Waals surface area (Å²) in [6.45, 7) is 12.2. The van der Waals surface area contributed by atoms with Gasteiger partial charge < -0.3 is 35.3 Å². The summed E-state index contributed by atoms with van der Waals surface area (Å²) >= 11 is 0. The molecule has 2 aromatic carbocycles. The molecule has 3 saturated carbocycles. The maximum Gasteiger partial charge on any atom is 0.481 e. The van der Waals surface area contributed by atoms with E-state index in [0.29, 0.717) is 24.7 Å². The van der Waals surface area contributed by atoms with Crippen LogP contribution in [0.2, 0.25) is 0 Å². The van der Waals surface area contributed by atoms with Gasteiger partial charge in [0.1, 0.15) is 17.6 Å². The molecule has 17 heteroatoms. The molecule has 0 unspecified atom stereocenters. The Bertz CT molecular complexity index is 2170. The Balaban J connectivity index is 1.14. The lowest BCUT2D eigenvalue weighted by atomic mass is 9.43. The fourth-order valence-electron chi connectivity index (χ4n) is 9.50. The van der Waals surface area contributed by atoms with E-state index in [4.69, 9.17) is 14.0 Å². The number of carbonyl (C=O) groups excluding carboxylic acids is 3. The molecule has 2 bridgehead atoms. The van der Waals surface area contributed by atoms with Crippen molar-refractivity contribution in [1.82, 2.24) is 20.2 Å². The Hall–Kier alpha value is -4.90. The highest BCUT2D eigenvalue weighted by atomic mass is 19.4. The second-order valence-electron chi connectivity index (χ2n) is 17.2. The molecule has 0 spiro atoms. The molecule has 4 fully saturated rings. The summed E-state index contributed by atoms with van der Waals surface area (Å²) < 4.78 is 60.1. The SMILES string of the molecule is CCCCOC(=O)c1ccccc1NC(=O)N[C@]1(C)C[C@@H](C(=O)N[C@@H](CC)B2O[C@@H]3C[C@@H]4C[C@@H](C4(C)C)[C@]3(C)O2)n2c1ncc(NCc1cccc(C(F)(F)F)c1)c2=O. The molecule has 3 amide bonds. The summed E-state index contributed by atoms with van der Waals surface area (Å²) in [6, 6.07) is 9.22. The van der Waals surface area contributed by atoms with Crippen LogP contribution >= 0.6 is 0 Å². The van der Waals surface area contributed by atoms with Crippen molar-refractivity contribution in [2.45, 2.75) is 122 Å². The molecule has 316 valence electrons. The highest BCUT2D eigenvalue weighted by Gasteiger charge is 2.68. The van der Waals surface area contributed by atoms with Gasteiger partial charge in [-0.2, -0.15) is 13.2 Å². The number of nitrogens with one attached hydrogen (secondary N) is 4. The van der Waals surface area contributed by atoms with Gasteiger partial charge in [0, 0.05) is 13.0 Å². The van der Waals surface area contributed by atoms with E-state index in [1.807, 2.05) is 13.8 Å². The summed E-state index contributed by atoms with van der Waals surface area (Å²) in [5, 5.41) is 11.6. The van der Waals surface area contributed by atoms with E-state index in [2.05, 4.69) is 47.0 Å². The molecule has 13 nitrogen and oxygen atoms in total. The Kier molecular flexibility index (Phi) is 11.4. The number of carbonyl (C=O) groups is 3. The van der Waals surface area contributed by atoms with Crippen LogP contribution in [-0.2, 0) is 37.1 Å². The first-order valence-corrected chi connectivity index (χ1v) is 20.4. The number of hydrogen-bond donors (Lipinski definition) is 4. The molecule has 3 aromatic rings. The zero-order valence-electron chi connectivity index (χ0n) is 34.2. The molecular weight excluding hydrogens is 768 g/mol. The van der Waals surface area contributed by atoms with Crippen LogP contribution in [-0.4, -0.2) is 58.8 Å². The number of hydrogen-bond acceptors (Lipinski definition) is 9. The van der Waals surface area contributed by atoms with Gasteiger partial charge in [0.05, 0.1) is 52.8 Å². The number of aromatic nitrogens is 2. The number of benzene rings is 2. The minimum absolute atomic E-state index is 0.0544. The minimum Gasteiger partial charge on any atom is -0.462 e. The van der Waals surface area contributed by atoms with E-state index in [-0.39, 0.29) is 59.4 Å². The second kappa shape index (κ2) is 15.9. The van der Waals surface area contributed by atoms with Crippen molar-refractivity contribution in [2.24, 2.45) is 17.3 Å². The average Bonchev–Trinajstić information content (AvgIpc) is 3.70. The summed E-state index contributed by atoms with van der Waals surface area (Å²) in [4.78, 5) is 59.9. The number of ether oxygens (including phenoxy) is 1. The fraction of sp³-hybridized carbons (Fsp3) is 0.548. The van der Waals surface area contributed by atoms with Gasteiger partial charge in [-0.25, -0.2) is 14.6 Å². The number of urea groups is 1. The molecule has 3 aliphatic carbocycles. The van der Waals surface area contributed by atoms with Crippen LogP contribution in [0.4, 0.5) is 29.3 Å². The number of halogens is 3. The van der Waals surface area contributed by atoms with Crippen LogP contribution in [0.15, 0.2) is 59.5 Å². The number of fused-ring (bicyclic) bond motifs is 1. The molecule has 59 heavy (non-hydrogen) atoms. The van der Waals surface area contributed by atoms with E-state index in [9.17, 15) is 32.3 Å². The van der Waals surface area contributed by atoms with E-state index >= 15 is 0 Å². The Morgan fingerprint density at radius 3 is 2.53 bits per heavy atom. The van der Waals surface area contributed by atoms with Crippen molar-refractivity contribution in [3.05, 3.63) is 87.6 Å². The average molecular weight is 821 g/mol. The highest BCUT2D eigenvalue weighted by Crippen LogP contribution is 2.65. The largest absolute Gasteiger partial charge is 0.481 e. The van der Waals surface area contributed by atoms with Crippen LogP contribution in [0.3, 0.4) is 0 Å².